The van der Waals surface area contributed by atoms with Gasteiger partial charge in [-0.25, -0.2) is 0 Å². The Balaban J connectivity index is 1.17. The first kappa shape index (κ1) is 18.6. The monoisotopic (exact) mass is 373 g/mol. The average Bonchev–Trinajstić information content (AvgIpc) is 3.15. The Kier molecular flexibility index (Phi) is 5.83. The highest BCUT2D eigenvalue weighted by molar-refractivity contribution is 5.76. The largest absolute Gasteiger partial charge is 0.454 e. The summed E-state index contributed by atoms with van der Waals surface area (Å²) in [5.74, 6) is 2.81. The van der Waals surface area contributed by atoms with Crippen molar-refractivity contribution < 1.29 is 14.3 Å². The molecule has 0 N–H and O–H groups in total. The van der Waals surface area contributed by atoms with Crippen LogP contribution in [0.15, 0.2) is 18.2 Å². The molecule has 1 aromatic carbocycles. The van der Waals surface area contributed by atoms with Gasteiger partial charge in [0, 0.05) is 58.8 Å². The Morgan fingerprint density at radius 3 is 2.48 bits per heavy atom. The fourth-order valence-electron chi connectivity index (χ4n) is 4.14. The van der Waals surface area contributed by atoms with Gasteiger partial charge in [-0.15, -0.1) is 0 Å². The number of rotatable bonds is 5. The number of benzene rings is 1. The second kappa shape index (κ2) is 8.48. The first-order valence-electron chi connectivity index (χ1n) is 10.3. The maximum absolute atomic E-state index is 12.4. The Morgan fingerprint density at radius 1 is 1.00 bits per heavy atom. The summed E-state index contributed by atoms with van der Waals surface area (Å²) in [4.78, 5) is 19.4. The molecule has 3 heterocycles. The van der Waals surface area contributed by atoms with Gasteiger partial charge in [0.25, 0.3) is 0 Å². The topological polar surface area (TPSA) is 45.3 Å². The molecule has 3 aliphatic rings. The maximum Gasteiger partial charge on any atom is 0.231 e. The van der Waals surface area contributed by atoms with Crippen molar-refractivity contribution in [1.29, 1.82) is 0 Å². The molecule has 0 spiro atoms. The van der Waals surface area contributed by atoms with E-state index in [-0.39, 0.29) is 0 Å². The van der Waals surface area contributed by atoms with Gasteiger partial charge in [-0.05, 0) is 36.5 Å². The molecular formula is C21H31N3O3. The number of hydrogen-bond donors (Lipinski definition) is 0. The molecule has 0 atom stereocenters. The number of amides is 1. The van der Waals surface area contributed by atoms with Crippen molar-refractivity contribution in [3.8, 4) is 11.5 Å². The molecule has 6 nitrogen and oxygen atoms in total. The molecule has 148 valence electrons. The number of likely N-dealkylation sites (tertiary alicyclic amines) is 1. The van der Waals surface area contributed by atoms with E-state index in [1.807, 2.05) is 6.07 Å². The van der Waals surface area contributed by atoms with Crippen molar-refractivity contribution in [2.75, 3.05) is 52.6 Å². The van der Waals surface area contributed by atoms with Crippen molar-refractivity contribution in [3.05, 3.63) is 23.8 Å². The van der Waals surface area contributed by atoms with Crippen LogP contribution in [0.4, 0.5) is 0 Å². The van der Waals surface area contributed by atoms with E-state index in [4.69, 9.17) is 9.47 Å². The van der Waals surface area contributed by atoms with Crippen LogP contribution in [0.3, 0.4) is 0 Å². The first-order valence-corrected chi connectivity index (χ1v) is 10.3. The summed E-state index contributed by atoms with van der Waals surface area (Å²) < 4.78 is 10.8. The molecule has 0 aliphatic carbocycles. The normalized spacial score (nSPS) is 21.6. The predicted octanol–water partition coefficient (Wildman–Crippen LogP) is 2.18. The zero-order valence-electron chi connectivity index (χ0n) is 16.4. The fraction of sp³-hybridized carbons (Fsp3) is 0.667. The number of ether oxygens (including phenoxy) is 2. The van der Waals surface area contributed by atoms with Gasteiger partial charge in [-0.1, -0.05) is 13.0 Å². The number of carbonyl (C=O) groups excluding carboxylic acids is 1. The molecule has 2 fully saturated rings. The first-order chi connectivity index (χ1) is 13.2. The highest BCUT2D eigenvalue weighted by Gasteiger charge is 2.22. The summed E-state index contributed by atoms with van der Waals surface area (Å²) >= 11 is 0. The summed E-state index contributed by atoms with van der Waals surface area (Å²) in [5.41, 5.74) is 1.27. The van der Waals surface area contributed by atoms with E-state index in [2.05, 4.69) is 33.8 Å². The lowest BCUT2D eigenvalue weighted by atomic mass is 9.99. The average molecular weight is 373 g/mol. The third kappa shape index (κ3) is 4.74. The van der Waals surface area contributed by atoms with Crippen molar-refractivity contribution in [2.45, 2.75) is 32.7 Å². The third-order valence-corrected chi connectivity index (χ3v) is 6.09. The highest BCUT2D eigenvalue weighted by atomic mass is 16.7. The van der Waals surface area contributed by atoms with Crippen molar-refractivity contribution in [2.24, 2.45) is 5.92 Å². The van der Waals surface area contributed by atoms with Crippen LogP contribution in [-0.2, 0) is 11.3 Å². The summed E-state index contributed by atoms with van der Waals surface area (Å²) in [6.45, 7) is 10.5. The number of hydrogen-bond acceptors (Lipinski definition) is 5. The summed E-state index contributed by atoms with van der Waals surface area (Å²) in [6, 6.07) is 6.21. The third-order valence-electron chi connectivity index (χ3n) is 6.09. The summed E-state index contributed by atoms with van der Waals surface area (Å²) in [5, 5.41) is 0. The molecule has 0 bridgehead atoms. The molecule has 1 aromatic rings. The van der Waals surface area contributed by atoms with Gasteiger partial charge < -0.3 is 19.3 Å². The zero-order chi connectivity index (χ0) is 18.6. The molecule has 0 aromatic heterocycles. The number of piperazine rings is 1. The zero-order valence-corrected chi connectivity index (χ0v) is 16.4. The summed E-state index contributed by atoms with van der Waals surface area (Å²) in [7, 11) is 0. The van der Waals surface area contributed by atoms with Gasteiger partial charge in [0.2, 0.25) is 12.7 Å². The Morgan fingerprint density at radius 2 is 1.70 bits per heavy atom. The molecule has 6 heteroatoms. The lowest BCUT2D eigenvalue weighted by Crippen LogP contribution is -2.47. The summed E-state index contributed by atoms with van der Waals surface area (Å²) in [6.07, 6.45) is 2.98. The SMILES string of the molecule is CC1CCN(C(=O)CCN2CCN(Cc3ccc4c(c3)OCO4)CC2)CC1. The molecule has 2 saturated heterocycles. The molecular weight excluding hydrogens is 342 g/mol. The van der Waals surface area contributed by atoms with Crippen LogP contribution in [-0.4, -0.2) is 73.2 Å². The Labute approximate surface area is 162 Å². The number of carbonyl (C=O) groups is 1. The molecule has 0 radical (unpaired) electrons. The molecule has 1 amide bonds. The van der Waals surface area contributed by atoms with Crippen molar-refractivity contribution in [1.82, 2.24) is 14.7 Å². The van der Waals surface area contributed by atoms with E-state index in [1.54, 1.807) is 0 Å². The minimum atomic E-state index is 0.326. The fourth-order valence-corrected chi connectivity index (χ4v) is 4.14. The van der Waals surface area contributed by atoms with Crippen LogP contribution < -0.4 is 9.47 Å². The molecule has 4 rings (SSSR count). The molecule has 3 aliphatic heterocycles. The van der Waals surface area contributed by atoms with Gasteiger partial charge in [-0.2, -0.15) is 0 Å². The Bertz CT molecular complexity index is 650. The second-order valence-corrected chi connectivity index (χ2v) is 8.12. The van der Waals surface area contributed by atoms with E-state index in [0.29, 0.717) is 19.1 Å². The highest BCUT2D eigenvalue weighted by Crippen LogP contribution is 2.32. The van der Waals surface area contributed by atoms with Crippen LogP contribution in [0.2, 0.25) is 0 Å². The van der Waals surface area contributed by atoms with E-state index in [9.17, 15) is 4.79 Å². The standard InChI is InChI=1S/C21H31N3O3/c1-17-4-8-24(9-5-17)21(25)6-7-22-10-12-23(13-11-22)15-18-2-3-19-20(14-18)27-16-26-19/h2-3,14,17H,4-13,15-16H2,1H3. The second-order valence-electron chi connectivity index (χ2n) is 8.12. The van der Waals surface area contributed by atoms with Crippen molar-refractivity contribution in [3.63, 3.8) is 0 Å². The molecule has 0 saturated carbocycles. The minimum absolute atomic E-state index is 0.326. The van der Waals surface area contributed by atoms with E-state index in [0.717, 1.165) is 82.6 Å². The van der Waals surface area contributed by atoms with Crippen LogP contribution >= 0.6 is 0 Å². The van der Waals surface area contributed by atoms with Gasteiger partial charge in [0.1, 0.15) is 0 Å². The van der Waals surface area contributed by atoms with Gasteiger partial charge >= 0.3 is 0 Å². The van der Waals surface area contributed by atoms with Crippen LogP contribution in [0.1, 0.15) is 31.7 Å². The van der Waals surface area contributed by atoms with E-state index >= 15 is 0 Å². The van der Waals surface area contributed by atoms with Gasteiger partial charge in [0.05, 0.1) is 0 Å². The van der Waals surface area contributed by atoms with Gasteiger partial charge in [-0.3, -0.25) is 9.69 Å². The van der Waals surface area contributed by atoms with Crippen molar-refractivity contribution >= 4 is 5.91 Å². The van der Waals surface area contributed by atoms with Crippen LogP contribution in [0.25, 0.3) is 0 Å². The molecule has 0 unspecified atom stereocenters. The lowest BCUT2D eigenvalue weighted by molar-refractivity contribution is -0.132. The molecule has 27 heavy (non-hydrogen) atoms. The lowest BCUT2D eigenvalue weighted by Gasteiger charge is -2.35. The minimum Gasteiger partial charge on any atom is -0.454 e. The van der Waals surface area contributed by atoms with E-state index in [1.165, 1.54) is 5.56 Å². The van der Waals surface area contributed by atoms with Gasteiger partial charge in [0.15, 0.2) is 11.5 Å². The maximum atomic E-state index is 12.4. The quantitative estimate of drug-likeness (QED) is 0.792. The number of fused-ring (bicyclic) bond motifs is 1. The van der Waals surface area contributed by atoms with Crippen LogP contribution in [0, 0.1) is 5.92 Å². The number of piperidine rings is 1. The number of nitrogens with zero attached hydrogens (tertiary/aromatic N) is 3. The van der Waals surface area contributed by atoms with E-state index < -0.39 is 0 Å². The Hall–Kier alpha value is -1.79. The smallest absolute Gasteiger partial charge is 0.231 e. The predicted molar refractivity (Wildman–Crippen MR) is 104 cm³/mol. The van der Waals surface area contributed by atoms with Crippen LogP contribution in [0.5, 0.6) is 11.5 Å².